The third kappa shape index (κ3) is 6.08. The Hall–Kier alpha value is -4.02. The highest BCUT2D eigenvalue weighted by Crippen LogP contribution is 2.17. The van der Waals surface area contributed by atoms with E-state index in [0.29, 0.717) is 17.1 Å². The van der Waals surface area contributed by atoms with Gasteiger partial charge in [-0.1, -0.05) is 12.1 Å². The van der Waals surface area contributed by atoms with Gasteiger partial charge in [0.2, 0.25) is 5.91 Å². The summed E-state index contributed by atoms with van der Waals surface area (Å²) in [6.07, 6.45) is -0.0517. The number of anilines is 2. The molecule has 0 aliphatic carbocycles. The topological polar surface area (TPSA) is 152 Å². The Labute approximate surface area is 153 Å². The van der Waals surface area contributed by atoms with Gasteiger partial charge < -0.3 is 0 Å². The number of non-ortho nitro benzene ring substituents is 2. The summed E-state index contributed by atoms with van der Waals surface area (Å²) in [5.41, 5.74) is 8.67. The second kappa shape index (κ2) is 8.89. The normalized spacial score (nSPS) is 10.8. The van der Waals surface area contributed by atoms with Crippen molar-refractivity contribution < 1.29 is 14.6 Å². The van der Waals surface area contributed by atoms with E-state index in [-0.39, 0.29) is 17.8 Å². The molecule has 0 heterocycles. The molecule has 140 valence electrons. The van der Waals surface area contributed by atoms with Gasteiger partial charge >= 0.3 is 0 Å². The molecule has 0 saturated heterocycles. The molecule has 2 aromatic rings. The number of nitro benzene ring substituents is 2. The van der Waals surface area contributed by atoms with E-state index in [1.165, 1.54) is 36.4 Å². The van der Waals surface area contributed by atoms with Gasteiger partial charge in [0, 0.05) is 30.0 Å². The maximum Gasteiger partial charge on any atom is 0.271 e. The summed E-state index contributed by atoms with van der Waals surface area (Å²) in [5.74, 6) is -0.413. The molecule has 0 radical (unpaired) electrons. The van der Waals surface area contributed by atoms with Gasteiger partial charge in [0.1, 0.15) is 0 Å². The number of hydrazone groups is 1. The quantitative estimate of drug-likeness (QED) is 0.366. The van der Waals surface area contributed by atoms with Crippen LogP contribution >= 0.6 is 0 Å². The molecule has 0 aromatic heterocycles. The molecule has 0 aliphatic heterocycles. The van der Waals surface area contributed by atoms with E-state index in [4.69, 9.17) is 0 Å². The molecule has 0 unspecified atom stereocenters. The molecule has 0 atom stereocenters. The summed E-state index contributed by atoms with van der Waals surface area (Å²) in [6.45, 7) is 1.61. The van der Waals surface area contributed by atoms with Crippen molar-refractivity contribution >= 4 is 34.4 Å². The first kappa shape index (κ1) is 19.3. The monoisotopic (exact) mass is 372 g/mol. The largest absolute Gasteiger partial charge is 0.298 e. The second-order valence-electron chi connectivity index (χ2n) is 5.42. The molecule has 0 saturated carbocycles. The number of nitrogens with one attached hydrogen (secondary N) is 3. The Balaban J connectivity index is 1.87. The number of nitrogens with zero attached hydrogens (tertiary/aromatic N) is 3. The molecule has 27 heavy (non-hydrogen) atoms. The van der Waals surface area contributed by atoms with Crippen molar-refractivity contribution in [2.45, 2.75) is 13.3 Å². The molecule has 0 aliphatic rings. The van der Waals surface area contributed by atoms with Crippen LogP contribution in [-0.2, 0) is 4.79 Å². The van der Waals surface area contributed by atoms with E-state index < -0.39 is 15.8 Å². The lowest BCUT2D eigenvalue weighted by Gasteiger charge is -2.08. The number of rotatable bonds is 8. The van der Waals surface area contributed by atoms with E-state index in [1.807, 2.05) is 0 Å². The van der Waals surface area contributed by atoms with Gasteiger partial charge in [0.25, 0.3) is 11.4 Å². The standard InChI is InChI=1S/C16H16N6O5/c1-11(17-18-12-4-2-6-14(9-12)21(24)25)8-16(23)20-19-13-5-3-7-15(10-13)22(26)27/h2-7,9-10,18-19H,8H2,1H3,(H,20,23). The van der Waals surface area contributed by atoms with Crippen LogP contribution < -0.4 is 16.3 Å². The average Bonchev–Trinajstić information content (AvgIpc) is 2.65. The van der Waals surface area contributed by atoms with Gasteiger partial charge in [-0.2, -0.15) is 5.10 Å². The molecule has 1 amide bonds. The zero-order chi connectivity index (χ0) is 19.8. The highest BCUT2D eigenvalue weighted by Gasteiger charge is 2.08. The molecule has 11 heteroatoms. The SMILES string of the molecule is CC(CC(=O)NNc1cccc([N+](=O)[O-])c1)=NNc1cccc([N+](=O)[O-])c1. The van der Waals surface area contributed by atoms with E-state index in [2.05, 4.69) is 21.4 Å². The number of hydrazine groups is 1. The van der Waals surface area contributed by atoms with Crippen LogP contribution in [0.3, 0.4) is 0 Å². The fourth-order valence-electron chi connectivity index (χ4n) is 2.00. The third-order valence-electron chi connectivity index (χ3n) is 3.25. The van der Waals surface area contributed by atoms with Gasteiger partial charge in [0.05, 0.1) is 27.6 Å². The fourth-order valence-corrected chi connectivity index (χ4v) is 2.00. The summed E-state index contributed by atoms with van der Waals surface area (Å²) >= 11 is 0. The van der Waals surface area contributed by atoms with Crippen molar-refractivity contribution in [1.82, 2.24) is 5.43 Å². The van der Waals surface area contributed by atoms with Crippen LogP contribution in [0.25, 0.3) is 0 Å². The summed E-state index contributed by atoms with van der Waals surface area (Å²) in [6, 6.07) is 11.5. The molecule has 2 rings (SSSR count). The first-order chi connectivity index (χ1) is 12.8. The lowest BCUT2D eigenvalue weighted by Crippen LogP contribution is -2.30. The van der Waals surface area contributed by atoms with Crippen LogP contribution in [0, 0.1) is 20.2 Å². The number of hydrogen-bond acceptors (Lipinski definition) is 8. The molecule has 0 fully saturated rings. The molecule has 0 bridgehead atoms. The van der Waals surface area contributed by atoms with Gasteiger partial charge in [-0.3, -0.25) is 41.3 Å². The smallest absolute Gasteiger partial charge is 0.271 e. The average molecular weight is 372 g/mol. The molecular weight excluding hydrogens is 356 g/mol. The Bertz CT molecular complexity index is 898. The minimum absolute atomic E-state index is 0.0517. The zero-order valence-electron chi connectivity index (χ0n) is 14.2. The van der Waals surface area contributed by atoms with Crippen LogP contribution in [0.2, 0.25) is 0 Å². The Morgan fingerprint density at radius 2 is 1.56 bits per heavy atom. The second-order valence-corrected chi connectivity index (χ2v) is 5.42. The minimum atomic E-state index is -0.538. The van der Waals surface area contributed by atoms with E-state index in [9.17, 15) is 25.0 Å². The number of carbonyl (C=O) groups excluding carboxylic acids is 1. The number of carbonyl (C=O) groups is 1. The Morgan fingerprint density at radius 1 is 1.00 bits per heavy atom. The lowest BCUT2D eigenvalue weighted by molar-refractivity contribution is -0.385. The number of amides is 1. The van der Waals surface area contributed by atoms with Crippen LogP contribution in [0.5, 0.6) is 0 Å². The van der Waals surface area contributed by atoms with Crippen molar-refractivity contribution in [3.05, 3.63) is 68.8 Å². The maximum atomic E-state index is 11.9. The fraction of sp³-hybridized carbons (Fsp3) is 0.125. The highest BCUT2D eigenvalue weighted by atomic mass is 16.6. The van der Waals surface area contributed by atoms with E-state index in [1.54, 1.807) is 19.1 Å². The predicted molar refractivity (Wildman–Crippen MR) is 99.3 cm³/mol. The van der Waals surface area contributed by atoms with Gasteiger partial charge in [-0.25, -0.2) is 0 Å². The van der Waals surface area contributed by atoms with Gasteiger partial charge in [-0.15, -0.1) is 0 Å². The van der Waals surface area contributed by atoms with Crippen molar-refractivity contribution in [3.63, 3.8) is 0 Å². The third-order valence-corrected chi connectivity index (χ3v) is 3.25. The van der Waals surface area contributed by atoms with Crippen LogP contribution in [-0.4, -0.2) is 21.5 Å². The van der Waals surface area contributed by atoms with Crippen LogP contribution in [0.15, 0.2) is 53.6 Å². The van der Waals surface area contributed by atoms with E-state index >= 15 is 0 Å². The minimum Gasteiger partial charge on any atom is -0.298 e. The van der Waals surface area contributed by atoms with Crippen molar-refractivity contribution in [2.24, 2.45) is 5.10 Å². The van der Waals surface area contributed by atoms with Crippen LogP contribution in [0.1, 0.15) is 13.3 Å². The number of nitro groups is 2. The molecule has 3 N–H and O–H groups in total. The first-order valence-corrected chi connectivity index (χ1v) is 7.68. The summed E-state index contributed by atoms with van der Waals surface area (Å²) < 4.78 is 0. The molecule has 11 nitrogen and oxygen atoms in total. The number of hydrogen-bond donors (Lipinski definition) is 3. The first-order valence-electron chi connectivity index (χ1n) is 7.68. The van der Waals surface area contributed by atoms with Gasteiger partial charge in [-0.05, 0) is 19.1 Å². The predicted octanol–water partition coefficient (Wildman–Crippen LogP) is 2.82. The highest BCUT2D eigenvalue weighted by molar-refractivity contribution is 6.00. The summed E-state index contributed by atoms with van der Waals surface area (Å²) in [7, 11) is 0. The Kier molecular flexibility index (Phi) is 6.36. The maximum absolute atomic E-state index is 11.9. The van der Waals surface area contributed by atoms with Crippen LogP contribution in [0.4, 0.5) is 22.7 Å². The molecular formula is C16H16N6O5. The summed E-state index contributed by atoms with van der Waals surface area (Å²) in [4.78, 5) is 32.3. The van der Waals surface area contributed by atoms with Crippen molar-refractivity contribution in [2.75, 3.05) is 10.9 Å². The number of benzene rings is 2. The summed E-state index contributed by atoms with van der Waals surface area (Å²) in [5, 5.41) is 25.4. The Morgan fingerprint density at radius 3 is 2.15 bits per heavy atom. The van der Waals surface area contributed by atoms with Gasteiger partial charge in [0.15, 0.2) is 0 Å². The molecule has 2 aromatic carbocycles. The van der Waals surface area contributed by atoms with Crippen molar-refractivity contribution in [3.8, 4) is 0 Å². The zero-order valence-corrected chi connectivity index (χ0v) is 14.2. The lowest BCUT2D eigenvalue weighted by atomic mass is 10.3. The van der Waals surface area contributed by atoms with Crippen molar-refractivity contribution in [1.29, 1.82) is 0 Å². The van der Waals surface area contributed by atoms with E-state index in [0.717, 1.165) is 0 Å². The molecule has 0 spiro atoms.